The van der Waals surface area contributed by atoms with Crippen molar-refractivity contribution in [3.8, 4) is 10.6 Å². The summed E-state index contributed by atoms with van der Waals surface area (Å²) in [6, 6.07) is 5.63. The smallest absolute Gasteiger partial charge is 0.339 e. The molecule has 4 aromatic heterocycles. The summed E-state index contributed by atoms with van der Waals surface area (Å²) >= 11 is 2.91. The zero-order chi connectivity index (χ0) is 22.1. The number of ether oxygens (including phenoxy) is 1. The highest BCUT2D eigenvalue weighted by molar-refractivity contribution is 7.15. The summed E-state index contributed by atoms with van der Waals surface area (Å²) in [4.78, 5) is 36.1. The van der Waals surface area contributed by atoms with Gasteiger partial charge in [0.2, 0.25) is 0 Å². The summed E-state index contributed by atoms with van der Waals surface area (Å²) < 4.78 is 7.08. The number of thiophene rings is 1. The molecule has 0 spiro atoms. The van der Waals surface area contributed by atoms with Crippen molar-refractivity contribution in [1.82, 2.24) is 19.7 Å². The average Bonchev–Trinajstić information content (AvgIpc) is 3.46. The second-order valence-corrected chi connectivity index (χ2v) is 9.39. The van der Waals surface area contributed by atoms with Gasteiger partial charge in [-0.25, -0.2) is 19.4 Å². The van der Waals surface area contributed by atoms with Crippen molar-refractivity contribution in [1.29, 1.82) is 0 Å². The first kappa shape index (κ1) is 21.1. The van der Waals surface area contributed by atoms with Gasteiger partial charge in [-0.2, -0.15) is 5.10 Å². The van der Waals surface area contributed by atoms with Crippen LogP contribution in [0.4, 0.5) is 5.13 Å². The van der Waals surface area contributed by atoms with E-state index < -0.39 is 18.5 Å². The van der Waals surface area contributed by atoms with Crippen LogP contribution in [0.3, 0.4) is 0 Å². The molecule has 4 aromatic rings. The molecule has 0 aliphatic rings. The number of carbonyl (C=O) groups is 2. The fraction of sp³-hybridized carbons (Fsp3) is 0.286. The lowest BCUT2D eigenvalue weighted by Gasteiger charge is -2.10. The van der Waals surface area contributed by atoms with Crippen LogP contribution in [0.15, 0.2) is 29.8 Å². The normalized spacial score (nSPS) is 11.3. The third-order valence-corrected chi connectivity index (χ3v) is 6.54. The minimum absolute atomic E-state index is 0.0726. The second kappa shape index (κ2) is 8.56. The number of aryl methyl sites for hydroxylation is 2. The van der Waals surface area contributed by atoms with Crippen LogP contribution in [0, 0.1) is 13.8 Å². The topological polar surface area (TPSA) is 99.0 Å². The minimum Gasteiger partial charge on any atom is -0.452 e. The highest BCUT2D eigenvalue weighted by atomic mass is 32.1. The number of hydrogen-bond donors (Lipinski definition) is 1. The van der Waals surface area contributed by atoms with E-state index in [1.807, 2.05) is 45.2 Å². The quantitative estimate of drug-likeness (QED) is 0.426. The fourth-order valence-corrected chi connectivity index (χ4v) is 4.52. The molecule has 0 fully saturated rings. The standard InChI is InChI=1S/C21H21N5O3S2/c1-11(2)26-19-15(9-22-26)14(8-16(24-19)17-6-5-7-30-17)20(28)29-10-18(27)25-21-23-12(3)13(4)31-21/h5-9,11H,10H2,1-4H3,(H,23,25,27). The molecule has 0 unspecified atom stereocenters. The molecule has 4 heterocycles. The van der Waals surface area contributed by atoms with Crippen molar-refractivity contribution < 1.29 is 14.3 Å². The maximum Gasteiger partial charge on any atom is 0.339 e. The molecule has 0 saturated heterocycles. The fourth-order valence-electron chi connectivity index (χ4n) is 3.01. The Labute approximate surface area is 186 Å². The molecule has 0 aliphatic carbocycles. The molecule has 31 heavy (non-hydrogen) atoms. The molecule has 0 aromatic carbocycles. The predicted octanol–water partition coefficient (Wildman–Crippen LogP) is 4.61. The monoisotopic (exact) mass is 455 g/mol. The Balaban J connectivity index is 1.58. The van der Waals surface area contributed by atoms with E-state index in [0.29, 0.717) is 27.4 Å². The first-order chi connectivity index (χ1) is 14.8. The van der Waals surface area contributed by atoms with E-state index in [2.05, 4.69) is 15.4 Å². The van der Waals surface area contributed by atoms with Crippen LogP contribution in [-0.4, -0.2) is 38.2 Å². The van der Waals surface area contributed by atoms with Crippen LogP contribution >= 0.6 is 22.7 Å². The number of amides is 1. The summed E-state index contributed by atoms with van der Waals surface area (Å²) in [6.07, 6.45) is 1.61. The molecule has 1 N–H and O–H groups in total. The molecular formula is C21H21N5O3S2. The van der Waals surface area contributed by atoms with E-state index in [4.69, 9.17) is 9.72 Å². The second-order valence-electron chi connectivity index (χ2n) is 7.24. The highest BCUT2D eigenvalue weighted by Gasteiger charge is 2.21. The zero-order valence-corrected chi connectivity index (χ0v) is 19.1. The van der Waals surface area contributed by atoms with Crippen molar-refractivity contribution >= 4 is 50.7 Å². The van der Waals surface area contributed by atoms with Crippen molar-refractivity contribution in [2.45, 2.75) is 33.7 Å². The van der Waals surface area contributed by atoms with Crippen molar-refractivity contribution in [3.63, 3.8) is 0 Å². The number of rotatable bonds is 6. The SMILES string of the molecule is Cc1nc(NC(=O)COC(=O)c2cc(-c3cccs3)nc3c2cnn3C(C)C)sc1C. The van der Waals surface area contributed by atoms with Gasteiger partial charge in [-0.05, 0) is 45.2 Å². The van der Waals surface area contributed by atoms with Gasteiger partial charge < -0.3 is 4.74 Å². The van der Waals surface area contributed by atoms with Gasteiger partial charge in [0.1, 0.15) is 0 Å². The Morgan fingerprint density at radius 1 is 1.26 bits per heavy atom. The van der Waals surface area contributed by atoms with Gasteiger partial charge in [-0.3, -0.25) is 10.1 Å². The lowest BCUT2D eigenvalue weighted by atomic mass is 10.1. The number of nitrogens with zero attached hydrogens (tertiary/aromatic N) is 4. The van der Waals surface area contributed by atoms with Crippen LogP contribution in [0.1, 0.15) is 40.8 Å². The molecule has 10 heteroatoms. The molecular weight excluding hydrogens is 434 g/mol. The summed E-state index contributed by atoms with van der Waals surface area (Å²) in [5, 5.41) is 10.1. The lowest BCUT2D eigenvalue weighted by molar-refractivity contribution is -0.119. The van der Waals surface area contributed by atoms with E-state index in [9.17, 15) is 9.59 Å². The Bertz CT molecular complexity index is 1240. The van der Waals surface area contributed by atoms with Crippen LogP contribution in [0.25, 0.3) is 21.6 Å². The van der Waals surface area contributed by atoms with Crippen LogP contribution in [0.2, 0.25) is 0 Å². The first-order valence-corrected chi connectivity index (χ1v) is 11.4. The number of esters is 1. The number of fused-ring (bicyclic) bond motifs is 1. The Morgan fingerprint density at radius 3 is 2.71 bits per heavy atom. The summed E-state index contributed by atoms with van der Waals surface area (Å²) in [5.41, 5.74) is 2.45. The zero-order valence-electron chi connectivity index (χ0n) is 17.5. The minimum atomic E-state index is -0.602. The van der Waals surface area contributed by atoms with Crippen LogP contribution in [0.5, 0.6) is 0 Å². The Hall–Kier alpha value is -3.11. The van der Waals surface area contributed by atoms with Gasteiger partial charge in [-0.15, -0.1) is 22.7 Å². The third kappa shape index (κ3) is 4.35. The molecule has 0 radical (unpaired) electrons. The number of pyridine rings is 1. The van der Waals surface area contributed by atoms with E-state index >= 15 is 0 Å². The van der Waals surface area contributed by atoms with Crippen LogP contribution in [-0.2, 0) is 9.53 Å². The van der Waals surface area contributed by atoms with Gasteiger partial charge in [0.05, 0.1) is 33.4 Å². The van der Waals surface area contributed by atoms with Crippen LogP contribution < -0.4 is 5.32 Å². The van der Waals surface area contributed by atoms with E-state index in [0.717, 1.165) is 15.4 Å². The number of aromatic nitrogens is 4. The first-order valence-electron chi connectivity index (χ1n) is 9.66. The summed E-state index contributed by atoms with van der Waals surface area (Å²) in [7, 11) is 0. The maximum atomic E-state index is 12.9. The number of thiazole rings is 1. The number of carbonyl (C=O) groups excluding carboxylic acids is 2. The molecule has 0 bridgehead atoms. The molecule has 1 amide bonds. The van der Waals surface area contributed by atoms with Gasteiger partial charge in [0.15, 0.2) is 17.4 Å². The molecule has 4 rings (SSSR count). The lowest BCUT2D eigenvalue weighted by Crippen LogP contribution is -2.21. The van der Waals surface area contributed by atoms with Crippen molar-refractivity contribution in [2.24, 2.45) is 0 Å². The summed E-state index contributed by atoms with van der Waals surface area (Å²) in [6.45, 7) is 7.39. The maximum absolute atomic E-state index is 12.9. The van der Waals surface area contributed by atoms with Crippen molar-refractivity contribution in [2.75, 3.05) is 11.9 Å². The largest absolute Gasteiger partial charge is 0.452 e. The summed E-state index contributed by atoms with van der Waals surface area (Å²) in [5.74, 6) is -1.04. The predicted molar refractivity (Wildman–Crippen MR) is 122 cm³/mol. The number of hydrogen-bond acceptors (Lipinski definition) is 8. The highest BCUT2D eigenvalue weighted by Crippen LogP contribution is 2.29. The van der Waals surface area contributed by atoms with Gasteiger partial charge >= 0.3 is 5.97 Å². The van der Waals surface area contributed by atoms with E-state index in [1.54, 1.807) is 16.9 Å². The van der Waals surface area contributed by atoms with E-state index in [1.165, 1.54) is 22.7 Å². The molecule has 8 nitrogen and oxygen atoms in total. The Morgan fingerprint density at radius 2 is 2.06 bits per heavy atom. The average molecular weight is 456 g/mol. The van der Waals surface area contributed by atoms with E-state index in [-0.39, 0.29) is 6.04 Å². The number of nitrogens with one attached hydrogen (secondary N) is 1. The molecule has 160 valence electrons. The van der Waals surface area contributed by atoms with Gasteiger partial charge in [0.25, 0.3) is 5.91 Å². The van der Waals surface area contributed by atoms with Gasteiger partial charge in [0, 0.05) is 10.9 Å². The van der Waals surface area contributed by atoms with Gasteiger partial charge in [-0.1, -0.05) is 6.07 Å². The molecule has 0 saturated carbocycles. The Kier molecular flexibility index (Phi) is 5.84. The molecule has 0 aliphatic heterocycles. The number of anilines is 1. The van der Waals surface area contributed by atoms with Crippen molar-refractivity contribution in [3.05, 3.63) is 45.9 Å². The molecule has 0 atom stereocenters. The third-order valence-electron chi connectivity index (χ3n) is 4.66.